The first-order chi connectivity index (χ1) is 11.6. The fraction of sp³-hybridized carbons (Fsp3) is 0.312. The fourth-order valence-corrected chi connectivity index (χ4v) is 2.52. The molecule has 1 N–H and O–H groups in total. The number of pyridine rings is 1. The molecule has 0 unspecified atom stereocenters. The minimum atomic E-state index is -1.56. The van der Waals surface area contributed by atoms with Crippen LogP contribution in [0.3, 0.4) is 0 Å². The predicted octanol–water partition coefficient (Wildman–Crippen LogP) is 0.714. The van der Waals surface area contributed by atoms with Crippen molar-refractivity contribution < 1.29 is 23.8 Å². The predicted molar refractivity (Wildman–Crippen MR) is 83.9 cm³/mol. The topological polar surface area (TPSA) is 90.0 Å². The molecule has 1 aromatic heterocycles. The zero-order valence-corrected chi connectivity index (χ0v) is 13.1. The van der Waals surface area contributed by atoms with Crippen molar-refractivity contribution in [3.05, 3.63) is 43.0 Å². The molecule has 0 radical (unpaired) electrons. The second kappa shape index (κ2) is 6.71. The molecule has 3 heterocycles. The molecule has 0 aromatic carbocycles. The molecular formula is C16H17N3O5. The van der Waals surface area contributed by atoms with Crippen LogP contribution in [0.4, 0.5) is 5.69 Å². The van der Waals surface area contributed by atoms with E-state index in [1.165, 1.54) is 6.26 Å². The number of ether oxygens (including phenoxy) is 3. The highest BCUT2D eigenvalue weighted by Crippen LogP contribution is 2.31. The molecule has 0 atom stereocenters. The van der Waals surface area contributed by atoms with Crippen LogP contribution in [0, 0.1) is 0 Å². The van der Waals surface area contributed by atoms with Gasteiger partial charge in [0.15, 0.2) is 0 Å². The van der Waals surface area contributed by atoms with Crippen LogP contribution in [0.2, 0.25) is 0 Å². The molecular weight excluding hydrogens is 314 g/mol. The summed E-state index contributed by atoms with van der Waals surface area (Å²) in [7, 11) is 0. The Balaban J connectivity index is 1.95. The molecule has 0 saturated carbocycles. The molecule has 2 aliphatic rings. The van der Waals surface area contributed by atoms with Gasteiger partial charge in [-0.3, -0.25) is 9.88 Å². The van der Waals surface area contributed by atoms with Gasteiger partial charge in [0.1, 0.15) is 5.75 Å². The fourth-order valence-electron chi connectivity index (χ4n) is 2.52. The normalized spacial score (nSPS) is 20.0. The lowest BCUT2D eigenvalue weighted by Crippen LogP contribution is -2.65. The molecule has 2 aliphatic heterocycles. The smallest absolute Gasteiger partial charge is 0.356 e. The van der Waals surface area contributed by atoms with Gasteiger partial charge >= 0.3 is 17.8 Å². The van der Waals surface area contributed by atoms with E-state index < -0.39 is 17.8 Å². The van der Waals surface area contributed by atoms with E-state index >= 15 is 0 Å². The molecule has 1 aromatic rings. The third-order valence-corrected chi connectivity index (χ3v) is 3.50. The lowest BCUT2D eigenvalue weighted by atomic mass is 10.2. The average molecular weight is 331 g/mol. The summed E-state index contributed by atoms with van der Waals surface area (Å²) in [5, 5.41) is 3.08. The SMILES string of the molecule is C/C=C/Oc1cncc(N2CCNCC23OC(=O)C=CC(=O)O3)c1. The molecule has 0 bridgehead atoms. The first-order valence-corrected chi connectivity index (χ1v) is 7.48. The summed E-state index contributed by atoms with van der Waals surface area (Å²) in [6.45, 7) is 3.06. The van der Waals surface area contributed by atoms with Gasteiger partial charge in [-0.25, -0.2) is 9.59 Å². The second-order valence-corrected chi connectivity index (χ2v) is 5.18. The number of rotatable bonds is 3. The number of piperazine rings is 1. The maximum Gasteiger partial charge on any atom is 0.356 e. The van der Waals surface area contributed by atoms with Crippen molar-refractivity contribution in [1.29, 1.82) is 0 Å². The first kappa shape index (κ1) is 16.0. The summed E-state index contributed by atoms with van der Waals surface area (Å²) in [6, 6.07) is 1.74. The number of carbonyl (C=O) groups excluding carboxylic acids is 2. The Morgan fingerprint density at radius 2 is 2.04 bits per heavy atom. The Labute approximate surface area is 138 Å². The number of nitrogens with one attached hydrogen (secondary N) is 1. The summed E-state index contributed by atoms with van der Waals surface area (Å²) in [4.78, 5) is 29.5. The molecule has 1 saturated heterocycles. The minimum Gasteiger partial charge on any atom is -0.464 e. The van der Waals surface area contributed by atoms with Gasteiger partial charge in [-0.2, -0.15) is 0 Å². The van der Waals surface area contributed by atoms with Crippen molar-refractivity contribution in [2.24, 2.45) is 0 Å². The Morgan fingerprint density at radius 1 is 1.29 bits per heavy atom. The molecule has 1 fully saturated rings. The minimum absolute atomic E-state index is 0.145. The van der Waals surface area contributed by atoms with Crippen molar-refractivity contribution in [3.63, 3.8) is 0 Å². The Hall–Kier alpha value is -2.87. The van der Waals surface area contributed by atoms with Gasteiger partial charge in [0.05, 0.1) is 30.9 Å². The van der Waals surface area contributed by atoms with E-state index in [0.29, 0.717) is 24.5 Å². The number of carbonyl (C=O) groups is 2. The highest BCUT2D eigenvalue weighted by molar-refractivity contribution is 5.93. The number of hydrogen-bond donors (Lipinski definition) is 1. The van der Waals surface area contributed by atoms with Gasteiger partial charge in [-0.05, 0) is 6.92 Å². The molecule has 126 valence electrons. The zero-order chi connectivity index (χ0) is 17.0. The number of hydrogen-bond acceptors (Lipinski definition) is 8. The van der Waals surface area contributed by atoms with Crippen LogP contribution in [0.15, 0.2) is 43.0 Å². The van der Waals surface area contributed by atoms with Crippen LogP contribution >= 0.6 is 0 Å². The molecule has 0 aliphatic carbocycles. The molecule has 24 heavy (non-hydrogen) atoms. The number of allylic oxidation sites excluding steroid dienone is 1. The van der Waals surface area contributed by atoms with E-state index in [1.54, 1.807) is 29.4 Å². The van der Waals surface area contributed by atoms with Crippen LogP contribution in [0.1, 0.15) is 6.92 Å². The van der Waals surface area contributed by atoms with Gasteiger partial charge in [-0.15, -0.1) is 0 Å². The highest BCUT2D eigenvalue weighted by Gasteiger charge is 2.48. The van der Waals surface area contributed by atoms with Crippen molar-refractivity contribution in [2.75, 3.05) is 24.5 Å². The Bertz CT molecular complexity index is 681. The summed E-state index contributed by atoms with van der Waals surface area (Å²) < 4.78 is 16.2. The molecule has 8 nitrogen and oxygen atoms in total. The standard InChI is InChI=1S/C16H17N3O5/c1-2-7-22-13-8-12(9-18-10-13)19-6-5-17-11-16(19)23-14(20)3-4-15(21)24-16/h2-4,7-10,17H,5-6,11H2,1H3/b7-2+. The van der Waals surface area contributed by atoms with Crippen LogP contribution in [0.25, 0.3) is 0 Å². The average Bonchev–Trinajstić information content (AvgIpc) is 2.72. The molecule has 8 heteroatoms. The lowest BCUT2D eigenvalue weighted by molar-refractivity contribution is -0.221. The maximum absolute atomic E-state index is 11.8. The molecule has 0 amide bonds. The van der Waals surface area contributed by atoms with E-state index in [1.807, 2.05) is 6.92 Å². The van der Waals surface area contributed by atoms with Crippen molar-refractivity contribution >= 4 is 17.6 Å². The van der Waals surface area contributed by atoms with Crippen LogP contribution < -0.4 is 15.0 Å². The Morgan fingerprint density at radius 3 is 2.75 bits per heavy atom. The van der Waals surface area contributed by atoms with E-state index in [9.17, 15) is 9.59 Å². The number of aromatic nitrogens is 1. The van der Waals surface area contributed by atoms with Crippen molar-refractivity contribution in [1.82, 2.24) is 10.3 Å². The second-order valence-electron chi connectivity index (χ2n) is 5.18. The van der Waals surface area contributed by atoms with Gasteiger partial charge in [-0.1, -0.05) is 6.08 Å². The summed E-state index contributed by atoms with van der Waals surface area (Å²) in [5.74, 6) is -2.34. The van der Waals surface area contributed by atoms with E-state index in [4.69, 9.17) is 14.2 Å². The Kier molecular flexibility index (Phi) is 4.48. The highest BCUT2D eigenvalue weighted by atomic mass is 16.8. The monoisotopic (exact) mass is 331 g/mol. The number of esters is 2. The molecule has 1 spiro atoms. The van der Waals surface area contributed by atoms with Crippen LogP contribution in [-0.4, -0.2) is 42.5 Å². The van der Waals surface area contributed by atoms with Gasteiger partial charge in [0.25, 0.3) is 0 Å². The van der Waals surface area contributed by atoms with Gasteiger partial charge in [0, 0.05) is 31.3 Å². The third kappa shape index (κ3) is 3.23. The first-order valence-electron chi connectivity index (χ1n) is 7.48. The summed E-state index contributed by atoms with van der Waals surface area (Å²) >= 11 is 0. The lowest BCUT2D eigenvalue weighted by Gasteiger charge is -2.44. The number of anilines is 1. The summed E-state index contributed by atoms with van der Waals surface area (Å²) in [6.07, 6.45) is 8.53. The number of nitrogens with zero attached hydrogens (tertiary/aromatic N) is 2. The third-order valence-electron chi connectivity index (χ3n) is 3.50. The van der Waals surface area contributed by atoms with Crippen molar-refractivity contribution in [2.45, 2.75) is 12.8 Å². The maximum atomic E-state index is 11.8. The summed E-state index contributed by atoms with van der Waals surface area (Å²) in [5.41, 5.74) is 0.612. The van der Waals surface area contributed by atoms with E-state index in [-0.39, 0.29) is 6.54 Å². The van der Waals surface area contributed by atoms with Crippen molar-refractivity contribution in [3.8, 4) is 5.75 Å². The van der Waals surface area contributed by atoms with Gasteiger partial charge < -0.3 is 19.5 Å². The van der Waals surface area contributed by atoms with Crippen LogP contribution in [-0.2, 0) is 19.1 Å². The largest absolute Gasteiger partial charge is 0.464 e. The van der Waals surface area contributed by atoms with Crippen LogP contribution in [0.5, 0.6) is 5.75 Å². The zero-order valence-electron chi connectivity index (χ0n) is 13.1. The van der Waals surface area contributed by atoms with Gasteiger partial charge in [0.2, 0.25) is 0 Å². The molecule has 3 rings (SSSR count). The van der Waals surface area contributed by atoms with E-state index in [0.717, 1.165) is 12.2 Å². The van der Waals surface area contributed by atoms with E-state index in [2.05, 4.69) is 10.3 Å². The quantitative estimate of drug-likeness (QED) is 0.640.